The molecule has 1 aliphatic rings. The maximum Gasteiger partial charge on any atom is 0.329 e. The molecule has 15 heavy (non-hydrogen) atoms. The molecule has 84 valence electrons. The third-order valence-electron chi connectivity index (χ3n) is 2.06. The van der Waals surface area contributed by atoms with Crippen LogP contribution in [0.1, 0.15) is 0 Å². The van der Waals surface area contributed by atoms with Gasteiger partial charge >= 0.3 is 11.8 Å². The first-order valence-electron chi connectivity index (χ1n) is 3.97. The second-order valence-corrected chi connectivity index (χ2v) is 4.09. The molecule has 0 saturated carbocycles. The van der Waals surface area contributed by atoms with Crippen LogP contribution in [0, 0.1) is 0 Å². The van der Waals surface area contributed by atoms with Crippen molar-refractivity contribution in [2.45, 2.75) is 11.8 Å². The Morgan fingerprint density at radius 3 is 2.20 bits per heavy atom. The summed E-state index contributed by atoms with van der Waals surface area (Å²) >= 11 is 0.846. The van der Waals surface area contributed by atoms with E-state index in [0.29, 0.717) is 0 Å². The molecule has 8 heteroatoms. The number of hydrogen-bond acceptors (Lipinski definition) is 4. The fraction of sp³-hybridized carbons (Fsp3) is 0.571. The Balaban J connectivity index is 2.23. The number of rotatable bonds is 1. The average Bonchev–Trinajstić information content (AvgIpc) is 2.56. The van der Waals surface area contributed by atoms with E-state index in [9.17, 15) is 17.6 Å². The van der Waals surface area contributed by atoms with Crippen LogP contribution in [0.15, 0.2) is 5.38 Å². The number of alkyl halides is 4. The molecule has 1 fully saturated rings. The van der Waals surface area contributed by atoms with Crippen molar-refractivity contribution in [2.24, 2.45) is 0 Å². The lowest BCUT2D eigenvalue weighted by atomic mass is 10.2. The summed E-state index contributed by atoms with van der Waals surface area (Å²) in [6.45, 7) is -2.15. The number of hydrogen-bond donors (Lipinski definition) is 1. The van der Waals surface area contributed by atoms with Gasteiger partial charge in [0.1, 0.15) is 0 Å². The van der Waals surface area contributed by atoms with E-state index >= 15 is 0 Å². The van der Waals surface area contributed by atoms with Gasteiger partial charge in [-0.15, -0.1) is 11.3 Å². The van der Waals surface area contributed by atoms with Gasteiger partial charge in [0, 0.05) is 0 Å². The number of aromatic nitrogens is 1. The molecule has 1 aliphatic heterocycles. The van der Waals surface area contributed by atoms with Crippen molar-refractivity contribution in [3.8, 4) is 5.88 Å². The topological polar surface area (TPSA) is 36.4 Å². The van der Waals surface area contributed by atoms with Crippen molar-refractivity contribution < 1.29 is 22.7 Å². The van der Waals surface area contributed by atoms with Crippen LogP contribution in [0.5, 0.6) is 5.88 Å². The molecule has 0 atom stereocenters. The average molecular weight is 242 g/mol. The highest BCUT2D eigenvalue weighted by atomic mass is 32.1. The molecular formula is C7H6F4N2OS. The molecule has 3 nitrogen and oxygen atoms in total. The van der Waals surface area contributed by atoms with E-state index in [1.807, 2.05) is 0 Å². The fourth-order valence-electron chi connectivity index (χ4n) is 1.30. The Kier molecular flexibility index (Phi) is 2.07. The maximum absolute atomic E-state index is 12.8. The summed E-state index contributed by atoms with van der Waals surface area (Å²) in [6.07, 6.45) is 0. The van der Waals surface area contributed by atoms with Crippen LogP contribution in [0.2, 0.25) is 0 Å². The molecule has 2 heterocycles. The van der Waals surface area contributed by atoms with E-state index in [2.05, 4.69) is 4.98 Å². The normalized spacial score (nSPS) is 23.3. The van der Waals surface area contributed by atoms with Crippen molar-refractivity contribution in [1.29, 1.82) is 0 Å². The number of halogens is 4. The summed E-state index contributed by atoms with van der Waals surface area (Å²) in [4.78, 5) is 4.23. The van der Waals surface area contributed by atoms with Crippen LogP contribution in [-0.2, 0) is 0 Å². The van der Waals surface area contributed by atoms with Crippen molar-refractivity contribution in [3.05, 3.63) is 5.38 Å². The summed E-state index contributed by atoms with van der Waals surface area (Å²) in [7, 11) is 0. The van der Waals surface area contributed by atoms with Gasteiger partial charge in [0.25, 0.3) is 0 Å². The van der Waals surface area contributed by atoms with Crippen LogP contribution in [0.25, 0.3) is 0 Å². The van der Waals surface area contributed by atoms with Gasteiger partial charge in [-0.05, 0) is 0 Å². The molecule has 0 unspecified atom stereocenters. The minimum absolute atomic E-state index is 0.0237. The van der Waals surface area contributed by atoms with E-state index in [0.717, 1.165) is 16.2 Å². The van der Waals surface area contributed by atoms with Gasteiger partial charge < -0.3 is 10.0 Å². The first kappa shape index (κ1) is 10.5. The fourth-order valence-corrected chi connectivity index (χ4v) is 1.99. The second-order valence-electron chi connectivity index (χ2n) is 3.25. The number of anilines is 1. The molecule has 1 aromatic rings. The summed E-state index contributed by atoms with van der Waals surface area (Å²) in [5.41, 5.74) is 0. The SMILES string of the molecule is Oc1csc(N2CC(F)(F)C(F)(F)C2)n1. The smallest absolute Gasteiger partial charge is 0.329 e. The van der Waals surface area contributed by atoms with E-state index in [-0.39, 0.29) is 11.0 Å². The molecule has 0 spiro atoms. The van der Waals surface area contributed by atoms with Crippen molar-refractivity contribution >= 4 is 16.5 Å². The van der Waals surface area contributed by atoms with Gasteiger partial charge in [0.15, 0.2) is 5.13 Å². The van der Waals surface area contributed by atoms with E-state index < -0.39 is 24.9 Å². The van der Waals surface area contributed by atoms with Crippen molar-refractivity contribution in [2.75, 3.05) is 18.0 Å². The molecule has 1 aromatic heterocycles. The van der Waals surface area contributed by atoms with Crippen LogP contribution in [0.4, 0.5) is 22.7 Å². The molecule has 0 aliphatic carbocycles. The highest BCUT2D eigenvalue weighted by molar-refractivity contribution is 7.13. The van der Waals surface area contributed by atoms with Crippen LogP contribution >= 0.6 is 11.3 Å². The molecule has 0 aromatic carbocycles. The molecule has 1 N–H and O–H groups in total. The Morgan fingerprint density at radius 2 is 1.80 bits per heavy atom. The minimum Gasteiger partial charge on any atom is -0.493 e. The van der Waals surface area contributed by atoms with Gasteiger partial charge in [-0.25, -0.2) is 0 Å². The van der Waals surface area contributed by atoms with Gasteiger partial charge in [-0.3, -0.25) is 0 Å². The van der Waals surface area contributed by atoms with Crippen molar-refractivity contribution in [1.82, 2.24) is 4.98 Å². The van der Waals surface area contributed by atoms with E-state index in [1.165, 1.54) is 5.38 Å². The predicted molar refractivity (Wildman–Crippen MR) is 45.9 cm³/mol. The van der Waals surface area contributed by atoms with Gasteiger partial charge in [0.2, 0.25) is 5.88 Å². The molecule has 0 bridgehead atoms. The molecule has 2 rings (SSSR count). The van der Waals surface area contributed by atoms with E-state index in [4.69, 9.17) is 5.11 Å². The number of nitrogens with zero attached hydrogens (tertiary/aromatic N) is 2. The van der Waals surface area contributed by atoms with Crippen LogP contribution in [0.3, 0.4) is 0 Å². The quantitative estimate of drug-likeness (QED) is 0.764. The Morgan fingerprint density at radius 1 is 1.27 bits per heavy atom. The summed E-state index contributed by atoms with van der Waals surface area (Å²) < 4.78 is 51.1. The first-order chi connectivity index (χ1) is 6.82. The number of thiazole rings is 1. The molecule has 0 radical (unpaired) electrons. The highest BCUT2D eigenvalue weighted by Crippen LogP contribution is 2.43. The zero-order valence-electron chi connectivity index (χ0n) is 7.25. The van der Waals surface area contributed by atoms with Gasteiger partial charge in [-0.1, -0.05) is 0 Å². The molecular weight excluding hydrogens is 236 g/mol. The molecule has 1 saturated heterocycles. The zero-order valence-corrected chi connectivity index (χ0v) is 8.07. The second kappa shape index (κ2) is 2.97. The lowest BCUT2D eigenvalue weighted by Crippen LogP contribution is -2.38. The van der Waals surface area contributed by atoms with Crippen LogP contribution < -0.4 is 4.90 Å². The van der Waals surface area contributed by atoms with E-state index in [1.54, 1.807) is 0 Å². The lowest BCUT2D eigenvalue weighted by Gasteiger charge is -2.14. The largest absolute Gasteiger partial charge is 0.493 e. The highest BCUT2D eigenvalue weighted by Gasteiger charge is 2.63. The summed E-state index contributed by atoms with van der Waals surface area (Å²) in [5, 5.41) is 10.0. The van der Waals surface area contributed by atoms with Gasteiger partial charge in [0.05, 0.1) is 18.5 Å². The first-order valence-corrected chi connectivity index (χ1v) is 4.85. The van der Waals surface area contributed by atoms with Crippen molar-refractivity contribution in [3.63, 3.8) is 0 Å². The number of aromatic hydroxyl groups is 1. The maximum atomic E-state index is 12.8. The standard InChI is InChI=1S/C7H6F4N2OS/c8-6(9)2-13(3-7(6,10)11)5-12-4(14)1-15-5/h1,14H,2-3H2. The Hall–Kier alpha value is -1.05. The Labute approximate surface area is 86.0 Å². The minimum atomic E-state index is -4.05. The van der Waals surface area contributed by atoms with Crippen LogP contribution in [-0.4, -0.2) is 35.0 Å². The predicted octanol–water partition coefficient (Wildman–Crippen LogP) is 1.94. The monoisotopic (exact) mass is 242 g/mol. The third-order valence-corrected chi connectivity index (χ3v) is 2.95. The molecule has 0 amide bonds. The van der Waals surface area contributed by atoms with Gasteiger partial charge in [-0.2, -0.15) is 22.5 Å². The Bertz CT molecular complexity index is 365. The zero-order chi connectivity index (χ0) is 11.3. The lowest BCUT2D eigenvalue weighted by molar-refractivity contribution is -0.172. The summed E-state index contributed by atoms with van der Waals surface area (Å²) in [5.74, 6) is -8.45. The third kappa shape index (κ3) is 1.62. The summed E-state index contributed by atoms with van der Waals surface area (Å²) in [6, 6.07) is 0.